The summed E-state index contributed by atoms with van der Waals surface area (Å²) in [7, 11) is 0. The van der Waals surface area contributed by atoms with Gasteiger partial charge >= 0.3 is 0 Å². The van der Waals surface area contributed by atoms with Crippen LogP contribution in [0.25, 0.3) is 0 Å². The van der Waals surface area contributed by atoms with Crippen molar-refractivity contribution < 1.29 is 4.55 Å². The molecule has 8 heavy (non-hydrogen) atoms. The molecule has 1 aromatic rings. The summed E-state index contributed by atoms with van der Waals surface area (Å²) < 4.78 is 9.99. The molecule has 0 N–H and O–H groups in total. The first-order valence-corrected chi connectivity index (χ1v) is 2.88. The van der Waals surface area contributed by atoms with E-state index in [1.54, 1.807) is 24.4 Å². The molecule has 0 aliphatic heterocycles. The normalized spacial score (nSPS) is 9.12. The van der Waals surface area contributed by atoms with E-state index in [0.717, 1.165) is 0 Å². The van der Waals surface area contributed by atoms with Gasteiger partial charge in [-0.05, 0) is 12.1 Å². The first-order chi connectivity index (χ1) is 3.93. The highest BCUT2D eigenvalue weighted by atomic mass is 32.2. The second-order valence-corrected chi connectivity index (χ2v) is 1.84. The van der Waals surface area contributed by atoms with Crippen molar-refractivity contribution in [1.82, 2.24) is 4.98 Å². The number of hydrogen-bond acceptors (Lipinski definition) is 2. The predicted octanol–water partition coefficient (Wildman–Crippen LogP) is 1.52. The van der Waals surface area contributed by atoms with Gasteiger partial charge in [-0.3, -0.25) is 0 Å². The molecule has 1 radical (unpaired) electrons. The van der Waals surface area contributed by atoms with E-state index in [-0.39, 0.29) is 0 Å². The maximum atomic E-state index is 9.99. The standard InChI is InChI=1S/C5H4NOS/c7-8-5-3-1-2-4-6-5/h1-4H. The Morgan fingerprint density at radius 3 is 2.75 bits per heavy atom. The average molecular weight is 126 g/mol. The number of pyridine rings is 1. The van der Waals surface area contributed by atoms with Crippen molar-refractivity contribution in [3.8, 4) is 0 Å². The molecule has 41 valence electrons. The second-order valence-electron chi connectivity index (χ2n) is 1.25. The molecule has 2 nitrogen and oxygen atoms in total. The van der Waals surface area contributed by atoms with Crippen LogP contribution in [0.15, 0.2) is 29.4 Å². The van der Waals surface area contributed by atoms with Crippen LogP contribution in [0.3, 0.4) is 0 Å². The van der Waals surface area contributed by atoms with Crippen molar-refractivity contribution in [3.63, 3.8) is 0 Å². The Bertz CT molecular complexity index is 154. The fourth-order valence-electron chi connectivity index (χ4n) is 0.396. The largest absolute Gasteiger partial charge is 0.247 e. The zero-order chi connectivity index (χ0) is 5.82. The van der Waals surface area contributed by atoms with Crippen LogP contribution < -0.4 is 0 Å². The summed E-state index contributed by atoms with van der Waals surface area (Å²) in [5.41, 5.74) is 0. The molecule has 0 aromatic carbocycles. The third-order valence-corrected chi connectivity index (χ3v) is 1.14. The minimum Gasteiger partial charge on any atom is -0.247 e. The molecule has 0 saturated heterocycles. The van der Waals surface area contributed by atoms with Crippen LogP contribution in [0, 0.1) is 0 Å². The highest BCUT2D eigenvalue weighted by molar-refractivity contribution is 7.93. The summed E-state index contributed by atoms with van der Waals surface area (Å²) in [6.45, 7) is 0. The number of hydrogen-bond donors (Lipinski definition) is 0. The number of rotatable bonds is 1. The molecule has 0 spiro atoms. The SMILES string of the molecule is [O]Sc1ccccn1. The van der Waals surface area contributed by atoms with Crippen LogP contribution in [0.4, 0.5) is 0 Å². The molecule has 0 bridgehead atoms. The van der Waals surface area contributed by atoms with E-state index in [9.17, 15) is 4.55 Å². The molecular formula is C5H4NOS. The molecule has 0 saturated carbocycles. The topological polar surface area (TPSA) is 32.8 Å². The van der Waals surface area contributed by atoms with E-state index in [2.05, 4.69) is 4.98 Å². The highest BCUT2D eigenvalue weighted by Crippen LogP contribution is 2.07. The number of aromatic nitrogens is 1. The third kappa shape index (κ3) is 1.21. The van der Waals surface area contributed by atoms with Gasteiger partial charge < -0.3 is 0 Å². The van der Waals surface area contributed by atoms with Crippen molar-refractivity contribution in [2.75, 3.05) is 0 Å². The zero-order valence-electron chi connectivity index (χ0n) is 4.07. The van der Waals surface area contributed by atoms with Crippen LogP contribution in [0.1, 0.15) is 0 Å². The lowest BCUT2D eigenvalue weighted by Crippen LogP contribution is -1.71. The highest BCUT2D eigenvalue weighted by Gasteiger charge is 1.86. The Balaban J connectivity index is 2.83. The Labute approximate surface area is 51.8 Å². The average Bonchev–Trinajstić information content (AvgIpc) is 1.90. The van der Waals surface area contributed by atoms with Gasteiger partial charge in [-0.15, -0.1) is 4.55 Å². The predicted molar refractivity (Wildman–Crippen MR) is 30.8 cm³/mol. The van der Waals surface area contributed by atoms with Crippen molar-refractivity contribution >= 4 is 12.0 Å². The van der Waals surface area contributed by atoms with Crippen molar-refractivity contribution in [2.24, 2.45) is 0 Å². The third-order valence-electron chi connectivity index (χ3n) is 0.723. The molecule has 3 heteroatoms. The Morgan fingerprint density at radius 2 is 2.38 bits per heavy atom. The lowest BCUT2D eigenvalue weighted by Gasteiger charge is -1.84. The first-order valence-electron chi connectivity index (χ1n) is 2.14. The van der Waals surface area contributed by atoms with E-state index in [1.807, 2.05) is 0 Å². The molecule has 1 heterocycles. The van der Waals surface area contributed by atoms with E-state index >= 15 is 0 Å². The number of nitrogens with zero attached hydrogens (tertiary/aromatic N) is 1. The fraction of sp³-hybridized carbons (Fsp3) is 0. The summed E-state index contributed by atoms with van der Waals surface area (Å²) in [6.07, 6.45) is 1.60. The molecule has 0 aliphatic rings. The van der Waals surface area contributed by atoms with Crippen LogP contribution >= 0.6 is 12.0 Å². The van der Waals surface area contributed by atoms with Crippen LogP contribution in [-0.4, -0.2) is 4.98 Å². The molecule has 0 atom stereocenters. The van der Waals surface area contributed by atoms with Crippen LogP contribution in [0.2, 0.25) is 0 Å². The monoisotopic (exact) mass is 126 g/mol. The van der Waals surface area contributed by atoms with E-state index in [0.29, 0.717) is 17.1 Å². The van der Waals surface area contributed by atoms with Crippen molar-refractivity contribution in [1.29, 1.82) is 0 Å². The van der Waals surface area contributed by atoms with Gasteiger partial charge in [0.25, 0.3) is 0 Å². The Morgan fingerprint density at radius 1 is 1.50 bits per heavy atom. The summed E-state index contributed by atoms with van der Waals surface area (Å²) in [4.78, 5) is 3.75. The van der Waals surface area contributed by atoms with Crippen molar-refractivity contribution in [2.45, 2.75) is 5.03 Å². The fourth-order valence-corrected chi connectivity index (χ4v) is 0.634. The second kappa shape index (κ2) is 2.69. The molecular weight excluding hydrogens is 122 g/mol. The van der Waals surface area contributed by atoms with E-state index in [1.165, 1.54) is 0 Å². The summed E-state index contributed by atoms with van der Waals surface area (Å²) >= 11 is 0.408. The van der Waals surface area contributed by atoms with E-state index in [4.69, 9.17) is 0 Å². The molecule has 0 amide bonds. The van der Waals surface area contributed by atoms with Gasteiger partial charge in [0.2, 0.25) is 0 Å². The summed E-state index contributed by atoms with van der Waals surface area (Å²) in [6, 6.07) is 5.24. The maximum Gasteiger partial charge on any atom is 0.127 e. The van der Waals surface area contributed by atoms with Crippen molar-refractivity contribution in [3.05, 3.63) is 24.4 Å². The maximum absolute atomic E-state index is 9.99. The van der Waals surface area contributed by atoms with Gasteiger partial charge in [0.05, 0.1) is 12.0 Å². The lowest BCUT2D eigenvalue weighted by atomic mass is 10.5. The smallest absolute Gasteiger partial charge is 0.127 e. The molecule has 0 fully saturated rings. The molecule has 1 rings (SSSR count). The zero-order valence-corrected chi connectivity index (χ0v) is 4.89. The van der Waals surface area contributed by atoms with Crippen LogP contribution in [-0.2, 0) is 4.55 Å². The molecule has 0 aliphatic carbocycles. The minimum absolute atomic E-state index is 0.408. The Kier molecular flexibility index (Phi) is 1.88. The van der Waals surface area contributed by atoms with Gasteiger partial charge in [-0.2, -0.15) is 0 Å². The van der Waals surface area contributed by atoms with Gasteiger partial charge in [-0.1, -0.05) is 6.07 Å². The van der Waals surface area contributed by atoms with Gasteiger partial charge in [0.1, 0.15) is 5.03 Å². The van der Waals surface area contributed by atoms with Gasteiger partial charge in [0.15, 0.2) is 0 Å². The molecule has 1 aromatic heterocycles. The van der Waals surface area contributed by atoms with E-state index < -0.39 is 0 Å². The quantitative estimate of drug-likeness (QED) is 0.534. The first kappa shape index (κ1) is 5.59. The van der Waals surface area contributed by atoms with Gasteiger partial charge in [0, 0.05) is 6.20 Å². The van der Waals surface area contributed by atoms with Crippen LogP contribution in [0.5, 0.6) is 0 Å². The molecule has 0 unspecified atom stereocenters. The minimum atomic E-state index is 0.408. The Hall–Kier alpha value is -0.540. The summed E-state index contributed by atoms with van der Waals surface area (Å²) in [5.74, 6) is 0. The lowest BCUT2D eigenvalue weighted by molar-refractivity contribution is 0.529. The summed E-state index contributed by atoms with van der Waals surface area (Å²) in [5, 5.41) is 0.521. The van der Waals surface area contributed by atoms with Gasteiger partial charge in [-0.25, -0.2) is 4.98 Å².